The SMILES string of the molecule is COC(=O)/C(=C\c1ccc(O)cc1)c1nc(C)cs1. The summed E-state index contributed by atoms with van der Waals surface area (Å²) in [4.78, 5) is 16.1. The molecule has 1 aromatic carbocycles. The van der Waals surface area contributed by atoms with Crippen molar-refractivity contribution in [3.05, 3.63) is 45.9 Å². The predicted octanol–water partition coefficient (Wildman–Crippen LogP) is 2.87. The molecule has 2 aromatic rings. The summed E-state index contributed by atoms with van der Waals surface area (Å²) in [6.07, 6.45) is 1.70. The van der Waals surface area contributed by atoms with E-state index < -0.39 is 5.97 Å². The van der Waals surface area contributed by atoms with Gasteiger partial charge in [-0.15, -0.1) is 11.3 Å². The van der Waals surface area contributed by atoms with Crippen LogP contribution in [0.25, 0.3) is 11.6 Å². The Kier molecular flexibility index (Phi) is 3.97. The normalized spacial score (nSPS) is 11.4. The van der Waals surface area contributed by atoms with Crippen LogP contribution in [-0.4, -0.2) is 23.2 Å². The molecule has 19 heavy (non-hydrogen) atoms. The number of methoxy groups -OCH3 is 1. The lowest BCUT2D eigenvalue weighted by Gasteiger charge is -2.02. The van der Waals surface area contributed by atoms with Crippen LogP contribution in [0.3, 0.4) is 0 Å². The van der Waals surface area contributed by atoms with Crippen molar-refractivity contribution in [3.8, 4) is 5.75 Å². The molecule has 0 aliphatic heterocycles. The fraction of sp³-hybridized carbons (Fsp3) is 0.143. The number of ether oxygens (including phenoxy) is 1. The van der Waals surface area contributed by atoms with E-state index in [-0.39, 0.29) is 5.75 Å². The molecule has 2 rings (SSSR count). The summed E-state index contributed by atoms with van der Waals surface area (Å²) in [5.74, 6) is -0.246. The summed E-state index contributed by atoms with van der Waals surface area (Å²) >= 11 is 1.39. The lowest BCUT2D eigenvalue weighted by molar-refractivity contribution is -0.133. The first-order valence-corrected chi connectivity index (χ1v) is 6.49. The Hall–Kier alpha value is -2.14. The molecule has 0 fully saturated rings. The third-order valence-electron chi connectivity index (χ3n) is 2.46. The number of phenolic OH excluding ortho intramolecular Hbond substituents is 1. The number of carbonyl (C=O) groups is 1. The van der Waals surface area contributed by atoms with E-state index in [9.17, 15) is 9.90 Å². The van der Waals surface area contributed by atoms with Crippen LogP contribution in [0.5, 0.6) is 5.75 Å². The maximum atomic E-state index is 11.8. The Bertz CT molecular complexity index is 614. The lowest BCUT2D eigenvalue weighted by atomic mass is 10.1. The topological polar surface area (TPSA) is 59.4 Å². The van der Waals surface area contributed by atoms with Crippen LogP contribution in [0.2, 0.25) is 0 Å². The van der Waals surface area contributed by atoms with Gasteiger partial charge >= 0.3 is 5.97 Å². The maximum absolute atomic E-state index is 11.8. The number of aromatic nitrogens is 1. The second-order valence-corrected chi connectivity index (χ2v) is 4.79. The van der Waals surface area contributed by atoms with Gasteiger partial charge in [0, 0.05) is 11.1 Å². The molecule has 5 heteroatoms. The van der Waals surface area contributed by atoms with E-state index in [1.165, 1.54) is 18.4 Å². The number of thiazole rings is 1. The zero-order valence-corrected chi connectivity index (χ0v) is 11.4. The second-order valence-electron chi connectivity index (χ2n) is 3.94. The van der Waals surface area contributed by atoms with Crippen LogP contribution in [-0.2, 0) is 9.53 Å². The molecule has 0 saturated heterocycles. The molecule has 1 N–H and O–H groups in total. The minimum absolute atomic E-state index is 0.182. The average Bonchev–Trinajstić information content (AvgIpc) is 2.83. The third kappa shape index (κ3) is 3.20. The van der Waals surface area contributed by atoms with Gasteiger partial charge in [0.1, 0.15) is 10.8 Å². The van der Waals surface area contributed by atoms with Gasteiger partial charge in [0.25, 0.3) is 0 Å². The van der Waals surface area contributed by atoms with Gasteiger partial charge in [-0.3, -0.25) is 0 Å². The number of carbonyl (C=O) groups excluding carboxylic acids is 1. The molecular formula is C14H13NO3S. The quantitative estimate of drug-likeness (QED) is 0.691. The summed E-state index contributed by atoms with van der Waals surface area (Å²) in [6, 6.07) is 6.57. The molecule has 98 valence electrons. The summed E-state index contributed by atoms with van der Waals surface area (Å²) in [7, 11) is 1.34. The van der Waals surface area contributed by atoms with Gasteiger partial charge in [-0.25, -0.2) is 9.78 Å². The number of rotatable bonds is 3. The number of esters is 1. The van der Waals surface area contributed by atoms with E-state index in [2.05, 4.69) is 4.98 Å². The second kappa shape index (κ2) is 5.67. The number of benzene rings is 1. The van der Waals surface area contributed by atoms with Gasteiger partial charge < -0.3 is 9.84 Å². The first-order valence-electron chi connectivity index (χ1n) is 5.61. The molecule has 0 amide bonds. The van der Waals surface area contributed by atoms with Crippen molar-refractivity contribution in [2.24, 2.45) is 0 Å². The number of hydrogen-bond acceptors (Lipinski definition) is 5. The number of aromatic hydroxyl groups is 1. The van der Waals surface area contributed by atoms with Crippen molar-refractivity contribution in [2.75, 3.05) is 7.11 Å². The van der Waals surface area contributed by atoms with E-state index in [0.717, 1.165) is 11.3 Å². The Balaban J connectivity index is 2.43. The van der Waals surface area contributed by atoms with Gasteiger partial charge in [0.2, 0.25) is 0 Å². The van der Waals surface area contributed by atoms with Crippen molar-refractivity contribution in [1.29, 1.82) is 0 Å². The molecule has 1 heterocycles. The smallest absolute Gasteiger partial charge is 0.340 e. The maximum Gasteiger partial charge on any atom is 0.340 e. The molecule has 4 nitrogen and oxygen atoms in total. The summed E-state index contributed by atoms with van der Waals surface area (Å²) in [6.45, 7) is 1.87. The van der Waals surface area contributed by atoms with Crippen LogP contribution in [0.1, 0.15) is 16.3 Å². The zero-order valence-electron chi connectivity index (χ0n) is 10.6. The van der Waals surface area contributed by atoms with Crippen LogP contribution in [0.15, 0.2) is 29.6 Å². The fourth-order valence-electron chi connectivity index (χ4n) is 1.53. The minimum Gasteiger partial charge on any atom is -0.508 e. The molecule has 0 aliphatic rings. The molecule has 0 atom stereocenters. The molecule has 1 aromatic heterocycles. The van der Waals surface area contributed by atoms with Crippen molar-refractivity contribution < 1.29 is 14.6 Å². The largest absolute Gasteiger partial charge is 0.508 e. The highest BCUT2D eigenvalue weighted by molar-refractivity contribution is 7.11. The van der Waals surface area contributed by atoms with Crippen LogP contribution >= 0.6 is 11.3 Å². The number of nitrogens with zero attached hydrogens (tertiary/aromatic N) is 1. The average molecular weight is 275 g/mol. The van der Waals surface area contributed by atoms with E-state index in [0.29, 0.717) is 10.6 Å². The van der Waals surface area contributed by atoms with Gasteiger partial charge in [-0.2, -0.15) is 0 Å². The zero-order chi connectivity index (χ0) is 13.8. The molecule has 0 aliphatic carbocycles. The molecular weight excluding hydrogens is 262 g/mol. The molecule has 0 bridgehead atoms. The van der Waals surface area contributed by atoms with E-state index >= 15 is 0 Å². The number of aryl methyl sites for hydroxylation is 1. The molecule has 0 unspecified atom stereocenters. The highest BCUT2D eigenvalue weighted by Gasteiger charge is 2.15. The van der Waals surface area contributed by atoms with Gasteiger partial charge in [0.15, 0.2) is 0 Å². The first kappa shape index (κ1) is 13.3. The van der Waals surface area contributed by atoms with Gasteiger partial charge in [-0.05, 0) is 30.7 Å². The van der Waals surface area contributed by atoms with E-state index in [1.54, 1.807) is 30.3 Å². The van der Waals surface area contributed by atoms with Gasteiger partial charge in [-0.1, -0.05) is 12.1 Å². The number of phenols is 1. The summed E-state index contributed by atoms with van der Waals surface area (Å²) in [5, 5.41) is 11.7. The van der Waals surface area contributed by atoms with Crippen molar-refractivity contribution >= 4 is 29.0 Å². The number of hydrogen-bond donors (Lipinski definition) is 1. The van der Waals surface area contributed by atoms with Crippen molar-refractivity contribution in [3.63, 3.8) is 0 Å². The Morgan fingerprint density at radius 1 is 1.37 bits per heavy atom. The monoisotopic (exact) mass is 275 g/mol. The lowest BCUT2D eigenvalue weighted by Crippen LogP contribution is -2.03. The molecule has 0 radical (unpaired) electrons. The van der Waals surface area contributed by atoms with Crippen LogP contribution in [0.4, 0.5) is 0 Å². The fourth-order valence-corrected chi connectivity index (χ4v) is 2.33. The van der Waals surface area contributed by atoms with E-state index in [4.69, 9.17) is 4.74 Å². The third-order valence-corrected chi connectivity index (χ3v) is 3.45. The predicted molar refractivity (Wildman–Crippen MR) is 74.8 cm³/mol. The van der Waals surface area contributed by atoms with Gasteiger partial charge in [0.05, 0.1) is 12.7 Å². The summed E-state index contributed by atoms with van der Waals surface area (Å²) in [5.41, 5.74) is 2.07. The summed E-state index contributed by atoms with van der Waals surface area (Å²) < 4.78 is 4.78. The van der Waals surface area contributed by atoms with Crippen molar-refractivity contribution in [1.82, 2.24) is 4.98 Å². The molecule has 0 saturated carbocycles. The van der Waals surface area contributed by atoms with E-state index in [1.807, 2.05) is 12.3 Å². The highest BCUT2D eigenvalue weighted by atomic mass is 32.1. The minimum atomic E-state index is -0.428. The Morgan fingerprint density at radius 2 is 2.05 bits per heavy atom. The van der Waals surface area contributed by atoms with Crippen LogP contribution < -0.4 is 0 Å². The standard InChI is InChI=1S/C14H13NO3S/c1-9-8-19-13(15-9)12(14(17)18-2)7-10-3-5-11(16)6-4-10/h3-8,16H,1-2H3/b12-7-. The van der Waals surface area contributed by atoms with Crippen molar-refractivity contribution in [2.45, 2.75) is 6.92 Å². The highest BCUT2D eigenvalue weighted by Crippen LogP contribution is 2.23. The Morgan fingerprint density at radius 3 is 2.58 bits per heavy atom. The first-order chi connectivity index (χ1) is 9.10. The Labute approximate surface area is 115 Å². The molecule has 0 spiro atoms. The van der Waals surface area contributed by atoms with Crippen LogP contribution in [0, 0.1) is 6.92 Å².